The molecular weight excluding hydrogens is 1320 g/mol. The van der Waals surface area contributed by atoms with Gasteiger partial charge < -0.3 is 0 Å². The van der Waals surface area contributed by atoms with Crippen molar-refractivity contribution < 1.29 is 344 Å². The first kappa shape index (κ1) is 68.7. The van der Waals surface area contributed by atoms with Gasteiger partial charge in [0, 0.05) is 344 Å². The molecule has 0 saturated carbocycles. The molecule has 0 atom stereocenters. The Morgan fingerprint density at radius 1 is 0.200 bits per heavy atom. The summed E-state index contributed by atoms with van der Waals surface area (Å²) in [4.78, 5) is 0. The van der Waals surface area contributed by atoms with Crippen LogP contribution < -0.4 is 0 Å². The molecule has 0 aromatic heterocycles. The maximum atomic E-state index is 0. The Bertz CT molecular complexity index is 8.81. The summed E-state index contributed by atoms with van der Waals surface area (Å²) >= 11 is 0. The average molecular weight is 1320 g/mol. The monoisotopic (exact) mass is 1300 g/mol. The standard InChI is InChI=1S/7Nd.3Rh. The van der Waals surface area contributed by atoms with E-state index in [4.69, 9.17) is 0 Å². The molecule has 3 radical (unpaired) electrons. The minimum Gasteiger partial charge on any atom is 0 e. The fourth-order valence-electron chi connectivity index (χ4n) is 0. The van der Waals surface area contributed by atoms with E-state index in [2.05, 4.69) is 0 Å². The second-order valence-electron chi connectivity index (χ2n) is 0. The zero-order valence-electron chi connectivity index (χ0n) is 4.50. The van der Waals surface area contributed by atoms with Crippen LogP contribution in [0.3, 0.4) is 0 Å². The van der Waals surface area contributed by atoms with E-state index in [0.717, 1.165) is 0 Å². The van der Waals surface area contributed by atoms with Gasteiger partial charge in [0.1, 0.15) is 0 Å². The normalized spacial score (nSPS) is 0. The first-order chi connectivity index (χ1) is 0. The van der Waals surface area contributed by atoms with E-state index in [1.807, 2.05) is 0 Å². The molecule has 55 valence electrons. The zero-order valence-corrected chi connectivity index (χ0v) is 31.9. The number of rotatable bonds is 0. The van der Waals surface area contributed by atoms with E-state index in [1.54, 1.807) is 0 Å². The molecule has 0 rings (SSSR count). The minimum absolute atomic E-state index is 0. The summed E-state index contributed by atoms with van der Waals surface area (Å²) in [6.07, 6.45) is 0. The van der Waals surface area contributed by atoms with Gasteiger partial charge in [0.25, 0.3) is 0 Å². The van der Waals surface area contributed by atoms with E-state index in [1.165, 1.54) is 0 Å². The number of hydrogen-bond donors (Lipinski definition) is 0. The summed E-state index contributed by atoms with van der Waals surface area (Å²) in [6.45, 7) is 0. The summed E-state index contributed by atoms with van der Waals surface area (Å²) in [5.74, 6) is 0. The second-order valence-corrected chi connectivity index (χ2v) is 0. The summed E-state index contributed by atoms with van der Waals surface area (Å²) in [7, 11) is 0. The maximum absolute atomic E-state index is 0. The van der Waals surface area contributed by atoms with Gasteiger partial charge in [0.2, 0.25) is 0 Å². The predicted molar refractivity (Wildman–Crippen MR) is 0 cm³/mol. The smallest absolute Gasteiger partial charge is 0 e. The van der Waals surface area contributed by atoms with Crippen molar-refractivity contribution in [1.82, 2.24) is 0 Å². The van der Waals surface area contributed by atoms with Crippen LogP contribution in [0.4, 0.5) is 0 Å². The van der Waals surface area contributed by atoms with Gasteiger partial charge in [-0.25, -0.2) is 0 Å². The Balaban J connectivity index is 0. The molecule has 0 heterocycles. The van der Waals surface area contributed by atoms with Crippen molar-refractivity contribution >= 4 is 0 Å². The largest absolute Gasteiger partial charge is 0 e. The zero-order chi connectivity index (χ0) is 0. The van der Waals surface area contributed by atoms with Crippen molar-refractivity contribution in [1.29, 1.82) is 0 Å². The molecule has 0 aromatic rings. The Morgan fingerprint density at radius 3 is 0.200 bits per heavy atom. The van der Waals surface area contributed by atoms with Gasteiger partial charge in [-0.05, 0) is 0 Å². The maximum Gasteiger partial charge on any atom is 0 e. The molecule has 0 unspecified atom stereocenters. The van der Waals surface area contributed by atoms with Crippen LogP contribution >= 0.6 is 0 Å². The Kier molecular flexibility index (Phi) is 407. The van der Waals surface area contributed by atoms with E-state index >= 15 is 0 Å². The molecular formula is Nd7Rh3. The molecule has 0 aliphatic carbocycles. The Morgan fingerprint density at radius 2 is 0.200 bits per heavy atom. The van der Waals surface area contributed by atoms with Crippen molar-refractivity contribution in [2.45, 2.75) is 0 Å². The van der Waals surface area contributed by atoms with E-state index in [-0.39, 0.29) is 344 Å². The Labute approximate surface area is 331 Å². The second kappa shape index (κ2) is 59.2. The molecule has 10 heteroatoms. The van der Waals surface area contributed by atoms with Crippen LogP contribution in [0, 0.1) is 286 Å². The molecule has 0 amide bonds. The van der Waals surface area contributed by atoms with Crippen molar-refractivity contribution in [2.24, 2.45) is 0 Å². The van der Waals surface area contributed by atoms with E-state index in [0.29, 0.717) is 0 Å². The summed E-state index contributed by atoms with van der Waals surface area (Å²) in [5, 5.41) is 0. The Hall–Kier alpha value is 11.3. The molecule has 0 aliphatic heterocycles. The third kappa shape index (κ3) is 50.6. The molecule has 0 nitrogen and oxygen atoms in total. The van der Waals surface area contributed by atoms with Gasteiger partial charge in [0.15, 0.2) is 0 Å². The first-order valence-corrected chi connectivity index (χ1v) is 0. The van der Waals surface area contributed by atoms with Crippen molar-refractivity contribution in [2.75, 3.05) is 0 Å². The van der Waals surface area contributed by atoms with Crippen LogP contribution in [0.15, 0.2) is 0 Å². The number of hydrogen-bond acceptors (Lipinski definition) is 0. The molecule has 10 heavy (non-hydrogen) atoms. The molecule has 0 bridgehead atoms. The minimum atomic E-state index is 0. The van der Waals surface area contributed by atoms with Crippen molar-refractivity contribution in [3.63, 3.8) is 0 Å². The van der Waals surface area contributed by atoms with Gasteiger partial charge >= 0.3 is 0 Å². The summed E-state index contributed by atoms with van der Waals surface area (Å²) in [5.41, 5.74) is 0. The van der Waals surface area contributed by atoms with Crippen LogP contribution in [0.5, 0.6) is 0 Å². The summed E-state index contributed by atoms with van der Waals surface area (Å²) in [6, 6.07) is 0. The van der Waals surface area contributed by atoms with Crippen molar-refractivity contribution in [3.05, 3.63) is 0 Å². The van der Waals surface area contributed by atoms with Crippen LogP contribution in [0.25, 0.3) is 0 Å². The van der Waals surface area contributed by atoms with Gasteiger partial charge in [-0.1, -0.05) is 0 Å². The van der Waals surface area contributed by atoms with Gasteiger partial charge in [-0.15, -0.1) is 0 Å². The third-order valence-corrected chi connectivity index (χ3v) is 0. The average Bonchev–Trinajstić information content (AvgIpc) is 0. The summed E-state index contributed by atoms with van der Waals surface area (Å²) < 4.78 is 0. The van der Waals surface area contributed by atoms with Gasteiger partial charge in [-0.2, -0.15) is 0 Å². The van der Waals surface area contributed by atoms with Crippen LogP contribution in [-0.2, 0) is 58.4 Å². The van der Waals surface area contributed by atoms with Crippen LogP contribution in [0.2, 0.25) is 0 Å². The van der Waals surface area contributed by atoms with Crippen molar-refractivity contribution in [3.8, 4) is 0 Å². The van der Waals surface area contributed by atoms with Crippen LogP contribution in [0.1, 0.15) is 0 Å². The topological polar surface area (TPSA) is 0 Å². The fraction of sp³-hybridized carbons (Fsp3) is 0. The quantitative estimate of drug-likeness (QED) is 0.300. The molecule has 0 saturated heterocycles. The fourth-order valence-corrected chi connectivity index (χ4v) is 0. The molecule has 0 fully saturated rings. The first-order valence-electron chi connectivity index (χ1n) is 0. The van der Waals surface area contributed by atoms with E-state index < -0.39 is 0 Å². The van der Waals surface area contributed by atoms with E-state index in [9.17, 15) is 0 Å². The SMILES string of the molecule is [Nd].[Nd].[Nd].[Nd].[Nd].[Nd].[Nd].[Rh].[Rh].[Rh]. The third-order valence-electron chi connectivity index (χ3n) is 0. The molecule has 0 spiro atoms. The molecule has 0 aliphatic rings. The van der Waals surface area contributed by atoms with Gasteiger partial charge in [0.05, 0.1) is 0 Å². The molecule has 0 N–H and O–H groups in total. The van der Waals surface area contributed by atoms with Crippen LogP contribution in [-0.4, -0.2) is 0 Å². The van der Waals surface area contributed by atoms with Gasteiger partial charge in [-0.3, -0.25) is 0 Å². The predicted octanol–water partition coefficient (Wildman–Crippen LogP) is -0.00750. The molecule has 0 aromatic carbocycles.